The van der Waals surface area contributed by atoms with Crippen LogP contribution in [-0.4, -0.2) is 34.1 Å². The van der Waals surface area contributed by atoms with Crippen LogP contribution in [0.15, 0.2) is 36.5 Å². The van der Waals surface area contributed by atoms with Gasteiger partial charge >= 0.3 is 17.9 Å². The van der Waals surface area contributed by atoms with Crippen molar-refractivity contribution < 1.29 is 28.6 Å². The van der Waals surface area contributed by atoms with Crippen molar-refractivity contribution in [2.75, 3.05) is 0 Å². The molecule has 404 valence electrons. The van der Waals surface area contributed by atoms with Gasteiger partial charge in [0.05, 0.1) is 0 Å². The van der Waals surface area contributed by atoms with Gasteiger partial charge in [0.25, 0.3) is 11.3 Å². The van der Waals surface area contributed by atoms with Gasteiger partial charge in [-0.15, -0.1) is 0 Å². The van der Waals surface area contributed by atoms with Crippen molar-refractivity contribution in [2.45, 2.75) is 300 Å². The molecule has 6 nitrogen and oxygen atoms in total. The third-order valence-electron chi connectivity index (χ3n) is 12.5. The molecular formula is C57H98Br6O6. The number of hydrogen-bond acceptors (Lipinski definition) is 6. The Hall–Kier alpha value is 0.510. The van der Waals surface area contributed by atoms with Gasteiger partial charge < -0.3 is 14.2 Å². The zero-order valence-corrected chi connectivity index (χ0v) is 53.3. The highest BCUT2D eigenvalue weighted by molar-refractivity contribution is 9.27. The minimum atomic E-state index is -1.98. The summed E-state index contributed by atoms with van der Waals surface area (Å²) < 4.78 is 12.3. The Morgan fingerprint density at radius 1 is 0.362 bits per heavy atom. The van der Waals surface area contributed by atoms with E-state index in [-0.39, 0.29) is 12.8 Å². The van der Waals surface area contributed by atoms with E-state index in [0.29, 0.717) is 19.3 Å². The maximum atomic E-state index is 13.6. The summed E-state index contributed by atoms with van der Waals surface area (Å²) in [5.41, 5.74) is 0. The lowest BCUT2D eigenvalue weighted by Crippen LogP contribution is -2.59. The molecule has 0 aliphatic heterocycles. The number of alkyl halides is 6. The molecule has 0 aromatic rings. The SMILES string of the molecule is CCCCCCCC/C=C\CCCCCCCC(=O)OC(Br)(Br)C(Br)(OC(=O)CCCCCCC/C=C\CCCCCCCC)C(Br)(Br)OC(=O)C(Br)CCCCCC/C=C\CCCCCCCC. The van der Waals surface area contributed by atoms with E-state index < -0.39 is 34.1 Å². The smallest absolute Gasteiger partial charge is 0.321 e. The van der Waals surface area contributed by atoms with Crippen molar-refractivity contribution in [3.8, 4) is 0 Å². The Morgan fingerprint density at radius 3 is 0.957 bits per heavy atom. The molecule has 0 aliphatic rings. The average Bonchev–Trinajstić information content (AvgIpc) is 3.31. The number of esters is 3. The number of allylic oxidation sites excluding steroid dienone is 6. The molecule has 0 amide bonds. The Morgan fingerprint density at radius 2 is 0.623 bits per heavy atom. The molecule has 69 heavy (non-hydrogen) atoms. The summed E-state index contributed by atoms with van der Waals surface area (Å²) in [6, 6.07) is 0. The molecule has 0 saturated heterocycles. The van der Waals surface area contributed by atoms with Crippen molar-refractivity contribution in [1.82, 2.24) is 0 Å². The molecule has 0 aliphatic carbocycles. The monoisotopic (exact) mass is 1350 g/mol. The first-order valence-corrected chi connectivity index (χ1v) is 32.9. The van der Waals surface area contributed by atoms with Crippen molar-refractivity contribution in [3.05, 3.63) is 36.5 Å². The molecule has 0 spiro atoms. The van der Waals surface area contributed by atoms with E-state index in [4.69, 9.17) is 14.2 Å². The Balaban J connectivity index is 5.14. The van der Waals surface area contributed by atoms with Crippen LogP contribution >= 0.6 is 95.6 Å². The zero-order chi connectivity index (χ0) is 51.2. The van der Waals surface area contributed by atoms with Crippen molar-refractivity contribution >= 4 is 113 Å². The highest BCUT2D eigenvalue weighted by atomic mass is 79.9. The molecule has 0 radical (unpaired) electrons. The Bertz CT molecular complexity index is 1320. The zero-order valence-electron chi connectivity index (χ0n) is 43.8. The minimum Gasteiger partial charge on any atom is -0.434 e. The van der Waals surface area contributed by atoms with Gasteiger partial charge in [-0.2, -0.15) is 0 Å². The average molecular weight is 1360 g/mol. The number of unbranched alkanes of at least 4 members (excludes halogenated alkanes) is 32. The van der Waals surface area contributed by atoms with Gasteiger partial charge in [0, 0.05) is 12.8 Å². The third kappa shape index (κ3) is 39.6. The van der Waals surface area contributed by atoms with Gasteiger partial charge in [0.2, 0.25) is 0 Å². The van der Waals surface area contributed by atoms with Crippen LogP contribution in [0.5, 0.6) is 0 Å². The second-order valence-electron chi connectivity index (χ2n) is 19.2. The molecule has 2 unspecified atom stereocenters. The number of carbonyl (C=O) groups is 3. The summed E-state index contributed by atoms with van der Waals surface area (Å²) in [5.74, 6) is -1.59. The van der Waals surface area contributed by atoms with Gasteiger partial charge in [-0.1, -0.05) is 227 Å². The van der Waals surface area contributed by atoms with Crippen LogP contribution in [0, 0.1) is 0 Å². The first-order valence-electron chi connectivity index (χ1n) is 28.0. The summed E-state index contributed by atoms with van der Waals surface area (Å²) in [7, 11) is 0. The fourth-order valence-electron chi connectivity index (χ4n) is 8.03. The number of halogens is 6. The van der Waals surface area contributed by atoms with Gasteiger partial charge in [-0.05, 0) is 176 Å². The Labute approximate surface area is 474 Å². The lowest BCUT2D eigenvalue weighted by Gasteiger charge is -2.44. The summed E-state index contributed by atoms with van der Waals surface area (Å²) >= 11 is 21.1. The molecule has 0 N–H and O–H groups in total. The van der Waals surface area contributed by atoms with E-state index in [9.17, 15) is 14.4 Å². The molecule has 0 rings (SSSR count). The quantitative estimate of drug-likeness (QED) is 0.0199. The van der Waals surface area contributed by atoms with Crippen LogP contribution in [0.25, 0.3) is 0 Å². The van der Waals surface area contributed by atoms with Crippen molar-refractivity contribution in [1.29, 1.82) is 0 Å². The highest BCUT2D eigenvalue weighted by Gasteiger charge is 2.67. The number of rotatable bonds is 50. The molecule has 0 fully saturated rings. The number of carbonyl (C=O) groups excluding carboxylic acids is 3. The lowest BCUT2D eigenvalue weighted by molar-refractivity contribution is -0.179. The second-order valence-corrected chi connectivity index (χ2v) is 28.0. The minimum absolute atomic E-state index is 0.143. The Kier molecular flexibility index (Phi) is 48.5. The van der Waals surface area contributed by atoms with Gasteiger partial charge in [-0.3, -0.25) is 14.4 Å². The van der Waals surface area contributed by atoms with E-state index in [2.05, 4.69) is 153 Å². The summed E-state index contributed by atoms with van der Waals surface area (Å²) in [6.45, 7) is 6.77. The molecule has 0 heterocycles. The molecule has 2 atom stereocenters. The van der Waals surface area contributed by atoms with E-state index in [0.717, 1.165) is 96.3 Å². The summed E-state index contributed by atoms with van der Waals surface area (Å²) in [6.07, 6.45) is 59.1. The van der Waals surface area contributed by atoms with Crippen LogP contribution in [0.2, 0.25) is 0 Å². The molecule has 0 aromatic carbocycles. The molecular weight excluding hydrogens is 1260 g/mol. The van der Waals surface area contributed by atoms with Gasteiger partial charge in [0.1, 0.15) is 4.83 Å². The standard InChI is InChI=1S/C57H98Br6O6/c1-4-7-10-13-16-19-22-25-28-31-34-37-40-43-46-49-52(64)67-55(59,56(60,61)68-53(65)50-47-44-41-38-35-32-29-26-23-20-17-14-11-8-5-2)57(62,63)69-54(66)51(58)48-45-42-39-36-33-30-27-24-21-18-15-12-9-6-3/h25-30,51H,4-24,31-50H2,1-3H3/b28-25-,29-26-,30-27-. The van der Waals surface area contributed by atoms with Crippen molar-refractivity contribution in [2.24, 2.45) is 0 Å². The normalized spacial score (nSPS) is 13.7. The van der Waals surface area contributed by atoms with E-state index >= 15 is 0 Å². The predicted molar refractivity (Wildman–Crippen MR) is 318 cm³/mol. The summed E-state index contributed by atoms with van der Waals surface area (Å²) in [5, 5.41) is 0. The van der Waals surface area contributed by atoms with Gasteiger partial charge in [-0.25, -0.2) is 0 Å². The van der Waals surface area contributed by atoms with Gasteiger partial charge in [0.15, 0.2) is 0 Å². The van der Waals surface area contributed by atoms with Crippen LogP contribution in [0.1, 0.15) is 284 Å². The fraction of sp³-hybridized carbons (Fsp3) is 0.842. The highest BCUT2D eigenvalue weighted by Crippen LogP contribution is 2.58. The van der Waals surface area contributed by atoms with E-state index in [1.54, 1.807) is 0 Å². The molecule has 0 saturated carbocycles. The maximum absolute atomic E-state index is 13.6. The van der Waals surface area contributed by atoms with Crippen LogP contribution in [0.4, 0.5) is 0 Å². The molecule has 0 aromatic heterocycles. The molecule has 0 bridgehead atoms. The van der Waals surface area contributed by atoms with Crippen LogP contribution in [-0.2, 0) is 28.6 Å². The maximum Gasteiger partial charge on any atom is 0.321 e. The topological polar surface area (TPSA) is 78.9 Å². The van der Waals surface area contributed by atoms with Crippen LogP contribution < -0.4 is 0 Å². The lowest BCUT2D eigenvalue weighted by atomic mass is 10.1. The third-order valence-corrected chi connectivity index (χ3v) is 19.6. The molecule has 12 heteroatoms. The van der Waals surface area contributed by atoms with Crippen molar-refractivity contribution in [3.63, 3.8) is 0 Å². The predicted octanol–water partition coefficient (Wildman–Crippen LogP) is 22.1. The van der Waals surface area contributed by atoms with E-state index in [1.165, 1.54) is 135 Å². The fourth-order valence-corrected chi connectivity index (χ4v) is 12.0. The summed E-state index contributed by atoms with van der Waals surface area (Å²) in [4.78, 5) is 39.8. The second kappa shape index (κ2) is 48.2. The number of ether oxygens (including phenoxy) is 3. The first kappa shape index (κ1) is 69.5. The van der Waals surface area contributed by atoms with Crippen LogP contribution in [0.3, 0.4) is 0 Å². The first-order chi connectivity index (χ1) is 33.3. The largest absolute Gasteiger partial charge is 0.434 e. The number of hydrogen-bond donors (Lipinski definition) is 0. The van der Waals surface area contributed by atoms with E-state index in [1.807, 2.05) is 0 Å².